The van der Waals surface area contributed by atoms with Gasteiger partial charge >= 0.3 is 0 Å². The summed E-state index contributed by atoms with van der Waals surface area (Å²) in [6.07, 6.45) is 0.541. The van der Waals surface area contributed by atoms with Gasteiger partial charge < -0.3 is 14.8 Å². The van der Waals surface area contributed by atoms with Crippen molar-refractivity contribution in [3.63, 3.8) is 0 Å². The molecule has 0 spiro atoms. The van der Waals surface area contributed by atoms with Crippen molar-refractivity contribution < 1.29 is 23.9 Å². The summed E-state index contributed by atoms with van der Waals surface area (Å²) in [5, 5.41) is 3.12. The van der Waals surface area contributed by atoms with Gasteiger partial charge in [0.15, 0.2) is 11.5 Å². The van der Waals surface area contributed by atoms with Crippen LogP contribution in [-0.4, -0.2) is 35.8 Å². The van der Waals surface area contributed by atoms with Gasteiger partial charge in [-0.05, 0) is 55.2 Å². The van der Waals surface area contributed by atoms with E-state index in [0.29, 0.717) is 30.3 Å². The molecule has 0 aliphatic carbocycles. The monoisotopic (exact) mass is 452 g/mol. The summed E-state index contributed by atoms with van der Waals surface area (Å²) in [6.45, 7) is 9.24. The van der Waals surface area contributed by atoms with Crippen molar-refractivity contribution in [3.05, 3.63) is 59.2 Å². The molecule has 1 atom stereocenters. The fraction of sp³-hybridized carbons (Fsp3) is 0.423. The number of nitrogens with zero attached hydrogens (tertiary/aromatic N) is 1. The summed E-state index contributed by atoms with van der Waals surface area (Å²) in [6, 6.07) is 12.5. The van der Waals surface area contributed by atoms with Gasteiger partial charge in [-0.15, -0.1) is 0 Å². The molecule has 176 valence electrons. The van der Waals surface area contributed by atoms with Crippen LogP contribution in [0.25, 0.3) is 0 Å². The average Bonchev–Trinajstić information content (AvgIpc) is 3.11. The van der Waals surface area contributed by atoms with E-state index in [1.54, 1.807) is 24.3 Å². The maximum atomic E-state index is 13.0. The normalized spacial score (nSPS) is 14.5. The molecule has 1 fully saturated rings. The first-order valence-electron chi connectivity index (χ1n) is 11.5. The van der Waals surface area contributed by atoms with Gasteiger partial charge in [-0.3, -0.25) is 19.3 Å². The van der Waals surface area contributed by atoms with Crippen LogP contribution in [0.15, 0.2) is 42.5 Å². The minimum atomic E-state index is -0.216. The molecule has 33 heavy (non-hydrogen) atoms. The van der Waals surface area contributed by atoms with Crippen molar-refractivity contribution in [1.29, 1.82) is 0 Å². The Morgan fingerprint density at radius 3 is 2.12 bits per heavy atom. The number of nitrogens with one attached hydrogen (secondary N) is 1. The van der Waals surface area contributed by atoms with Gasteiger partial charge in [-0.2, -0.15) is 0 Å². The molecule has 0 radical (unpaired) electrons. The number of hydrogen-bond acceptors (Lipinski definition) is 5. The quantitative estimate of drug-likeness (QED) is 0.545. The predicted molar refractivity (Wildman–Crippen MR) is 125 cm³/mol. The third-order valence-electron chi connectivity index (χ3n) is 5.59. The van der Waals surface area contributed by atoms with E-state index in [2.05, 4.69) is 19.2 Å². The van der Waals surface area contributed by atoms with E-state index in [-0.39, 0.29) is 49.1 Å². The lowest BCUT2D eigenvalue weighted by Gasteiger charge is -2.24. The van der Waals surface area contributed by atoms with Crippen LogP contribution in [0, 0.1) is 5.92 Å². The Balaban J connectivity index is 1.73. The smallest absolute Gasteiger partial charge is 0.251 e. The van der Waals surface area contributed by atoms with Crippen LogP contribution in [-0.2, 0) is 16.1 Å². The zero-order valence-corrected chi connectivity index (χ0v) is 19.7. The van der Waals surface area contributed by atoms with Crippen molar-refractivity contribution in [3.8, 4) is 11.5 Å². The molecule has 0 saturated carbocycles. The zero-order chi connectivity index (χ0) is 24.0. The number of ether oxygens (including phenoxy) is 2. The Kier molecular flexibility index (Phi) is 8.09. The van der Waals surface area contributed by atoms with Crippen molar-refractivity contribution in [2.75, 3.05) is 13.2 Å². The van der Waals surface area contributed by atoms with Crippen molar-refractivity contribution in [2.24, 2.45) is 5.92 Å². The Labute approximate surface area is 195 Å². The van der Waals surface area contributed by atoms with Crippen molar-refractivity contribution >= 4 is 17.7 Å². The highest BCUT2D eigenvalue weighted by molar-refractivity contribution is 6.01. The third-order valence-corrected chi connectivity index (χ3v) is 5.59. The lowest BCUT2D eigenvalue weighted by molar-refractivity contribution is -0.139. The Bertz CT molecular complexity index is 984. The highest BCUT2D eigenvalue weighted by atomic mass is 16.5. The van der Waals surface area contributed by atoms with E-state index in [0.717, 1.165) is 11.1 Å². The lowest BCUT2D eigenvalue weighted by atomic mass is 9.95. The molecule has 1 heterocycles. The van der Waals surface area contributed by atoms with E-state index in [1.807, 2.05) is 32.0 Å². The van der Waals surface area contributed by atoms with E-state index in [1.165, 1.54) is 4.90 Å². The average molecular weight is 453 g/mol. The van der Waals surface area contributed by atoms with Crippen LogP contribution in [0.4, 0.5) is 0 Å². The summed E-state index contributed by atoms with van der Waals surface area (Å²) in [7, 11) is 0. The number of benzene rings is 2. The standard InChI is InChI=1S/C26H32N2O5/c1-5-32-21-12-11-20(15-22(21)33-6-2)25(17(3)4)27-26(31)19-9-7-18(8-10-19)16-28-23(29)13-14-24(28)30/h7-12,15,17,25H,5-6,13-14,16H2,1-4H3,(H,27,31). The Morgan fingerprint density at radius 2 is 1.55 bits per heavy atom. The lowest BCUT2D eigenvalue weighted by Crippen LogP contribution is -2.32. The highest BCUT2D eigenvalue weighted by Crippen LogP contribution is 2.33. The number of carbonyl (C=O) groups excluding carboxylic acids is 3. The van der Waals surface area contributed by atoms with E-state index in [9.17, 15) is 14.4 Å². The molecule has 0 aromatic heterocycles. The van der Waals surface area contributed by atoms with Gasteiger partial charge in [0.1, 0.15) is 0 Å². The SMILES string of the molecule is CCOc1ccc(C(NC(=O)c2ccc(CN3C(=O)CCC3=O)cc2)C(C)C)cc1OCC. The summed E-state index contributed by atoms with van der Waals surface area (Å²) < 4.78 is 11.4. The number of rotatable bonds is 10. The fourth-order valence-corrected chi connectivity index (χ4v) is 3.86. The van der Waals surface area contributed by atoms with Gasteiger partial charge in [-0.25, -0.2) is 0 Å². The molecule has 7 heteroatoms. The minimum absolute atomic E-state index is 0.146. The first-order chi connectivity index (χ1) is 15.8. The van der Waals surface area contributed by atoms with Gasteiger partial charge in [0.05, 0.1) is 25.8 Å². The van der Waals surface area contributed by atoms with Gasteiger partial charge in [0, 0.05) is 18.4 Å². The maximum Gasteiger partial charge on any atom is 0.251 e. The summed E-state index contributed by atoms with van der Waals surface area (Å²) >= 11 is 0. The van der Waals surface area contributed by atoms with Crippen LogP contribution in [0.3, 0.4) is 0 Å². The zero-order valence-electron chi connectivity index (χ0n) is 19.7. The van der Waals surface area contributed by atoms with Crippen molar-refractivity contribution in [2.45, 2.75) is 53.1 Å². The van der Waals surface area contributed by atoms with Gasteiger partial charge in [0.25, 0.3) is 5.91 Å². The second-order valence-electron chi connectivity index (χ2n) is 8.34. The second kappa shape index (κ2) is 11.0. The summed E-state index contributed by atoms with van der Waals surface area (Å²) in [5.74, 6) is 0.995. The largest absolute Gasteiger partial charge is 0.490 e. The molecule has 1 unspecified atom stereocenters. The van der Waals surface area contributed by atoms with Gasteiger partial charge in [-0.1, -0.05) is 32.0 Å². The molecule has 2 aromatic rings. The fourth-order valence-electron chi connectivity index (χ4n) is 3.86. The van der Waals surface area contributed by atoms with Crippen LogP contribution in [0.2, 0.25) is 0 Å². The number of carbonyl (C=O) groups is 3. The molecule has 1 saturated heterocycles. The second-order valence-corrected chi connectivity index (χ2v) is 8.34. The third kappa shape index (κ3) is 5.92. The minimum Gasteiger partial charge on any atom is -0.490 e. The van der Waals surface area contributed by atoms with Crippen LogP contribution in [0.5, 0.6) is 11.5 Å². The van der Waals surface area contributed by atoms with E-state index >= 15 is 0 Å². The molecule has 7 nitrogen and oxygen atoms in total. The van der Waals surface area contributed by atoms with Crippen LogP contribution >= 0.6 is 0 Å². The molecular formula is C26H32N2O5. The Morgan fingerprint density at radius 1 is 0.939 bits per heavy atom. The highest BCUT2D eigenvalue weighted by Gasteiger charge is 2.28. The molecule has 1 aliphatic rings. The van der Waals surface area contributed by atoms with E-state index < -0.39 is 0 Å². The van der Waals surface area contributed by atoms with Crippen LogP contribution in [0.1, 0.15) is 68.1 Å². The summed E-state index contributed by atoms with van der Waals surface area (Å²) in [5.41, 5.74) is 2.26. The first-order valence-corrected chi connectivity index (χ1v) is 11.5. The van der Waals surface area contributed by atoms with E-state index in [4.69, 9.17) is 9.47 Å². The molecule has 1 aliphatic heterocycles. The number of likely N-dealkylation sites (tertiary alicyclic amines) is 1. The molecule has 1 N–H and O–H groups in total. The molecule has 3 rings (SSSR count). The number of hydrogen-bond donors (Lipinski definition) is 1. The maximum absolute atomic E-state index is 13.0. The molecule has 2 aromatic carbocycles. The summed E-state index contributed by atoms with van der Waals surface area (Å²) in [4.78, 5) is 37.9. The number of imide groups is 1. The first kappa shape index (κ1) is 24.3. The molecule has 0 bridgehead atoms. The molecule has 3 amide bonds. The number of amides is 3. The topological polar surface area (TPSA) is 84.9 Å². The van der Waals surface area contributed by atoms with Gasteiger partial charge in [0.2, 0.25) is 11.8 Å². The Hall–Kier alpha value is -3.35. The molecular weight excluding hydrogens is 420 g/mol. The predicted octanol–water partition coefficient (Wildman–Crippen LogP) is 4.26. The van der Waals surface area contributed by atoms with Crippen LogP contribution < -0.4 is 14.8 Å². The van der Waals surface area contributed by atoms with Crippen molar-refractivity contribution in [1.82, 2.24) is 10.2 Å².